The molecule has 0 radical (unpaired) electrons. The molecule has 0 unspecified atom stereocenters. The summed E-state index contributed by atoms with van der Waals surface area (Å²) in [4.78, 5) is 4.11. The molecule has 0 aliphatic carbocycles. The van der Waals surface area contributed by atoms with Gasteiger partial charge in [-0.2, -0.15) is 0 Å². The van der Waals surface area contributed by atoms with Crippen LogP contribution in [0.4, 0.5) is 0 Å². The summed E-state index contributed by atoms with van der Waals surface area (Å²) in [6, 6.07) is 8.22. The Labute approximate surface area is 116 Å². The number of benzene rings is 1. The van der Waals surface area contributed by atoms with E-state index in [2.05, 4.69) is 59.9 Å². The van der Waals surface area contributed by atoms with Crippen LogP contribution >= 0.6 is 15.9 Å². The largest absolute Gasteiger partial charge is 0.455 e. The summed E-state index contributed by atoms with van der Waals surface area (Å²) in [6.07, 6.45) is 3.46. The van der Waals surface area contributed by atoms with E-state index in [1.54, 1.807) is 12.4 Å². The molecule has 18 heavy (non-hydrogen) atoms. The summed E-state index contributed by atoms with van der Waals surface area (Å²) in [7, 11) is 0. The van der Waals surface area contributed by atoms with Crippen LogP contribution in [0.1, 0.15) is 30.9 Å². The summed E-state index contributed by atoms with van der Waals surface area (Å²) in [5, 5.41) is 0. The Morgan fingerprint density at radius 2 is 1.94 bits per heavy atom. The molecule has 2 nitrogen and oxygen atoms in total. The highest BCUT2D eigenvalue weighted by atomic mass is 79.9. The molecule has 0 aliphatic heterocycles. The average Bonchev–Trinajstić information content (AvgIpc) is 2.28. The van der Waals surface area contributed by atoms with Gasteiger partial charge in [-0.25, -0.2) is 0 Å². The second kappa shape index (κ2) is 5.53. The first-order chi connectivity index (χ1) is 8.56. The Morgan fingerprint density at radius 3 is 2.61 bits per heavy atom. The van der Waals surface area contributed by atoms with Crippen molar-refractivity contribution in [2.45, 2.75) is 26.7 Å². The summed E-state index contributed by atoms with van der Waals surface area (Å²) >= 11 is 3.39. The maximum absolute atomic E-state index is 5.94. The van der Waals surface area contributed by atoms with Crippen molar-refractivity contribution in [1.29, 1.82) is 0 Å². The van der Waals surface area contributed by atoms with Gasteiger partial charge in [-0.05, 0) is 52.0 Å². The standard InChI is InChI=1S/C15H16BrNO/c1-10(2)14-5-4-11(3)6-15(14)18-13-7-12(16)8-17-9-13/h4-10H,1-3H3. The van der Waals surface area contributed by atoms with Gasteiger partial charge in [-0.3, -0.25) is 4.98 Å². The van der Waals surface area contributed by atoms with Crippen molar-refractivity contribution >= 4 is 15.9 Å². The Balaban J connectivity index is 2.36. The molecule has 2 aromatic rings. The molecule has 0 saturated carbocycles. The first-order valence-corrected chi connectivity index (χ1v) is 6.74. The molecule has 3 heteroatoms. The van der Waals surface area contributed by atoms with Gasteiger partial charge in [0.25, 0.3) is 0 Å². The highest BCUT2D eigenvalue weighted by molar-refractivity contribution is 9.10. The van der Waals surface area contributed by atoms with Crippen LogP contribution in [0, 0.1) is 6.92 Å². The lowest BCUT2D eigenvalue weighted by atomic mass is 10.0. The predicted molar refractivity (Wildman–Crippen MR) is 77.3 cm³/mol. The molecule has 0 aliphatic rings. The normalized spacial score (nSPS) is 10.7. The maximum Gasteiger partial charge on any atom is 0.146 e. The van der Waals surface area contributed by atoms with Gasteiger partial charge in [0.05, 0.1) is 6.20 Å². The third-order valence-electron chi connectivity index (χ3n) is 2.70. The van der Waals surface area contributed by atoms with Gasteiger partial charge in [0.15, 0.2) is 0 Å². The first kappa shape index (κ1) is 13.1. The highest BCUT2D eigenvalue weighted by Gasteiger charge is 2.09. The fourth-order valence-electron chi connectivity index (χ4n) is 1.78. The van der Waals surface area contributed by atoms with Crippen LogP contribution in [0.15, 0.2) is 41.1 Å². The number of halogens is 1. The van der Waals surface area contributed by atoms with Gasteiger partial charge < -0.3 is 4.74 Å². The molecule has 1 heterocycles. The molecule has 0 fully saturated rings. The molecule has 0 bridgehead atoms. The Morgan fingerprint density at radius 1 is 1.17 bits per heavy atom. The topological polar surface area (TPSA) is 22.1 Å². The van der Waals surface area contributed by atoms with Crippen molar-refractivity contribution in [3.63, 3.8) is 0 Å². The van der Waals surface area contributed by atoms with Crippen molar-refractivity contribution in [3.8, 4) is 11.5 Å². The van der Waals surface area contributed by atoms with E-state index >= 15 is 0 Å². The van der Waals surface area contributed by atoms with Crippen molar-refractivity contribution in [2.24, 2.45) is 0 Å². The number of rotatable bonds is 3. The van der Waals surface area contributed by atoms with Gasteiger partial charge in [0, 0.05) is 10.7 Å². The van der Waals surface area contributed by atoms with E-state index in [4.69, 9.17) is 4.74 Å². The fraction of sp³-hybridized carbons (Fsp3) is 0.267. The zero-order chi connectivity index (χ0) is 13.1. The molecule has 1 aromatic carbocycles. The number of nitrogens with zero attached hydrogens (tertiary/aromatic N) is 1. The van der Waals surface area contributed by atoms with Crippen LogP contribution in [0.3, 0.4) is 0 Å². The summed E-state index contributed by atoms with van der Waals surface area (Å²) in [5.74, 6) is 2.09. The summed E-state index contributed by atoms with van der Waals surface area (Å²) in [5.41, 5.74) is 2.40. The molecular formula is C15H16BrNO. The number of hydrogen-bond acceptors (Lipinski definition) is 2. The summed E-state index contributed by atoms with van der Waals surface area (Å²) < 4.78 is 6.86. The lowest BCUT2D eigenvalue weighted by molar-refractivity contribution is 0.470. The van der Waals surface area contributed by atoms with E-state index in [9.17, 15) is 0 Å². The molecule has 1 aromatic heterocycles. The minimum atomic E-state index is 0.431. The van der Waals surface area contributed by atoms with Crippen LogP contribution in [0.2, 0.25) is 0 Å². The quantitative estimate of drug-likeness (QED) is 0.790. The third-order valence-corrected chi connectivity index (χ3v) is 3.13. The number of ether oxygens (including phenoxy) is 1. The predicted octanol–water partition coefficient (Wildman–Crippen LogP) is 5.07. The average molecular weight is 306 g/mol. The van der Waals surface area contributed by atoms with Crippen molar-refractivity contribution < 1.29 is 4.74 Å². The minimum absolute atomic E-state index is 0.431. The molecule has 0 N–H and O–H groups in total. The molecule has 0 spiro atoms. The second-order valence-electron chi connectivity index (χ2n) is 4.64. The van der Waals surface area contributed by atoms with E-state index in [0.29, 0.717) is 5.92 Å². The number of aryl methyl sites for hydroxylation is 1. The van der Waals surface area contributed by atoms with Crippen LogP contribution in [0.25, 0.3) is 0 Å². The highest BCUT2D eigenvalue weighted by Crippen LogP contribution is 2.31. The Bertz CT molecular complexity index is 552. The SMILES string of the molecule is Cc1ccc(C(C)C)c(Oc2cncc(Br)c2)c1. The molecule has 0 atom stereocenters. The number of pyridine rings is 1. The summed E-state index contributed by atoms with van der Waals surface area (Å²) in [6.45, 7) is 6.39. The smallest absolute Gasteiger partial charge is 0.146 e. The zero-order valence-electron chi connectivity index (χ0n) is 10.8. The zero-order valence-corrected chi connectivity index (χ0v) is 12.4. The van der Waals surface area contributed by atoms with Crippen molar-refractivity contribution in [3.05, 3.63) is 52.3 Å². The van der Waals surface area contributed by atoms with Crippen LogP contribution < -0.4 is 4.74 Å². The van der Waals surface area contributed by atoms with Crippen LogP contribution in [0.5, 0.6) is 11.5 Å². The maximum atomic E-state index is 5.94. The molecule has 94 valence electrons. The van der Waals surface area contributed by atoms with Crippen LogP contribution in [-0.2, 0) is 0 Å². The van der Waals surface area contributed by atoms with Crippen molar-refractivity contribution in [2.75, 3.05) is 0 Å². The third kappa shape index (κ3) is 3.10. The van der Waals surface area contributed by atoms with E-state index in [1.165, 1.54) is 11.1 Å². The lowest BCUT2D eigenvalue weighted by Gasteiger charge is -2.14. The molecular weight excluding hydrogens is 290 g/mol. The fourth-order valence-corrected chi connectivity index (χ4v) is 2.13. The second-order valence-corrected chi connectivity index (χ2v) is 5.55. The van der Waals surface area contributed by atoms with Gasteiger partial charge >= 0.3 is 0 Å². The minimum Gasteiger partial charge on any atom is -0.455 e. The lowest BCUT2D eigenvalue weighted by Crippen LogP contribution is -1.95. The van der Waals surface area contributed by atoms with E-state index in [-0.39, 0.29) is 0 Å². The molecule has 0 saturated heterocycles. The van der Waals surface area contributed by atoms with E-state index < -0.39 is 0 Å². The van der Waals surface area contributed by atoms with Crippen LogP contribution in [-0.4, -0.2) is 4.98 Å². The van der Waals surface area contributed by atoms with Gasteiger partial charge in [0.1, 0.15) is 11.5 Å². The molecule has 2 rings (SSSR count). The first-order valence-electron chi connectivity index (χ1n) is 5.95. The van der Waals surface area contributed by atoms with E-state index in [0.717, 1.165) is 16.0 Å². The van der Waals surface area contributed by atoms with E-state index in [1.807, 2.05) is 6.07 Å². The Hall–Kier alpha value is -1.35. The Kier molecular flexibility index (Phi) is 4.02. The van der Waals surface area contributed by atoms with Gasteiger partial charge in [0.2, 0.25) is 0 Å². The van der Waals surface area contributed by atoms with Gasteiger partial charge in [-0.15, -0.1) is 0 Å². The van der Waals surface area contributed by atoms with Crippen molar-refractivity contribution in [1.82, 2.24) is 4.98 Å². The monoisotopic (exact) mass is 305 g/mol. The number of aromatic nitrogens is 1. The number of hydrogen-bond donors (Lipinski definition) is 0. The molecule has 0 amide bonds. The van der Waals surface area contributed by atoms with Gasteiger partial charge in [-0.1, -0.05) is 26.0 Å².